The van der Waals surface area contributed by atoms with Crippen LogP contribution in [-0.4, -0.2) is 27.9 Å². The van der Waals surface area contributed by atoms with Crippen molar-refractivity contribution in [2.24, 2.45) is 0 Å². The van der Waals surface area contributed by atoms with Gasteiger partial charge < -0.3 is 10.3 Å². The first-order chi connectivity index (χ1) is 12.6. The van der Waals surface area contributed by atoms with Gasteiger partial charge >= 0.3 is 0 Å². The fourth-order valence-corrected chi connectivity index (χ4v) is 3.76. The molecule has 26 heavy (non-hydrogen) atoms. The smallest absolute Gasteiger partial charge is 0.225 e. The number of aromatic amines is 1. The molecule has 1 amide bonds. The van der Waals surface area contributed by atoms with Gasteiger partial charge in [0, 0.05) is 10.0 Å². The molecule has 0 aliphatic rings. The fraction of sp³-hybridized carbons (Fsp3) is 0.263. The lowest BCUT2D eigenvalue weighted by molar-refractivity contribution is -0.121. The van der Waals surface area contributed by atoms with E-state index in [4.69, 9.17) is 23.2 Å². The molecule has 0 bridgehead atoms. The molecule has 2 N–H and O–H groups in total. The summed E-state index contributed by atoms with van der Waals surface area (Å²) >= 11 is 14.1. The normalized spacial score (nSPS) is 12.3. The molecule has 1 aromatic heterocycles. The Morgan fingerprint density at radius 2 is 1.92 bits per heavy atom. The lowest BCUT2D eigenvalue weighted by Crippen LogP contribution is -2.31. The summed E-state index contributed by atoms with van der Waals surface area (Å²) in [6.07, 6.45) is 2.96. The Morgan fingerprint density at radius 3 is 2.62 bits per heavy atom. The SMILES string of the molecule is CSCC[C@@H](NC(=O)Cc1c(Cl)cccc1Cl)c1nc2ccccc2[nH]1. The Kier molecular flexibility index (Phi) is 6.46. The molecule has 0 radical (unpaired) electrons. The van der Waals surface area contributed by atoms with Crippen molar-refractivity contribution in [1.82, 2.24) is 15.3 Å². The predicted molar refractivity (Wildman–Crippen MR) is 110 cm³/mol. The van der Waals surface area contributed by atoms with Crippen LogP contribution in [0.5, 0.6) is 0 Å². The number of hydrogen-bond acceptors (Lipinski definition) is 3. The van der Waals surface area contributed by atoms with Gasteiger partial charge in [-0.1, -0.05) is 41.4 Å². The van der Waals surface area contributed by atoms with Gasteiger partial charge in [0.2, 0.25) is 5.91 Å². The predicted octanol–water partition coefficient (Wildman–Crippen LogP) is 5.02. The fourth-order valence-electron chi connectivity index (χ4n) is 2.76. The number of thioether (sulfide) groups is 1. The van der Waals surface area contributed by atoms with E-state index in [0.717, 1.165) is 29.0 Å². The Hall–Kier alpha value is -1.69. The summed E-state index contributed by atoms with van der Waals surface area (Å²) in [5, 5.41) is 4.06. The first kappa shape index (κ1) is 19.1. The minimum Gasteiger partial charge on any atom is -0.346 e. The zero-order valence-corrected chi connectivity index (χ0v) is 16.6. The molecule has 4 nitrogen and oxygen atoms in total. The third kappa shape index (κ3) is 4.53. The average Bonchev–Trinajstić information content (AvgIpc) is 3.06. The molecule has 0 fully saturated rings. The van der Waals surface area contributed by atoms with Gasteiger partial charge in [0.1, 0.15) is 5.82 Å². The number of para-hydroxylation sites is 2. The molecule has 0 aliphatic carbocycles. The van der Waals surface area contributed by atoms with Gasteiger partial charge in [0.05, 0.1) is 23.5 Å². The molecule has 3 rings (SSSR count). The number of aromatic nitrogens is 2. The minimum absolute atomic E-state index is 0.133. The van der Waals surface area contributed by atoms with E-state index in [1.54, 1.807) is 30.0 Å². The molecular formula is C19H19Cl2N3OS. The number of rotatable bonds is 7. The largest absolute Gasteiger partial charge is 0.346 e. The summed E-state index contributed by atoms with van der Waals surface area (Å²) in [5.41, 5.74) is 2.49. The maximum Gasteiger partial charge on any atom is 0.225 e. The van der Waals surface area contributed by atoms with Gasteiger partial charge in [0.15, 0.2) is 0 Å². The summed E-state index contributed by atoms with van der Waals surface area (Å²) in [7, 11) is 0. The summed E-state index contributed by atoms with van der Waals surface area (Å²) in [6.45, 7) is 0. The summed E-state index contributed by atoms with van der Waals surface area (Å²) in [6, 6.07) is 12.9. The van der Waals surface area contributed by atoms with Crippen molar-refractivity contribution in [3.63, 3.8) is 0 Å². The Morgan fingerprint density at radius 1 is 1.19 bits per heavy atom. The molecule has 2 aromatic carbocycles. The van der Waals surface area contributed by atoms with Crippen LogP contribution in [0.1, 0.15) is 23.9 Å². The van der Waals surface area contributed by atoms with E-state index in [1.165, 1.54) is 0 Å². The van der Waals surface area contributed by atoms with E-state index in [-0.39, 0.29) is 18.4 Å². The van der Waals surface area contributed by atoms with E-state index < -0.39 is 0 Å². The van der Waals surface area contributed by atoms with E-state index in [0.29, 0.717) is 15.6 Å². The van der Waals surface area contributed by atoms with Crippen LogP contribution >= 0.6 is 35.0 Å². The number of fused-ring (bicyclic) bond motifs is 1. The number of nitrogens with zero attached hydrogens (tertiary/aromatic N) is 1. The third-order valence-electron chi connectivity index (χ3n) is 4.08. The highest BCUT2D eigenvalue weighted by Gasteiger charge is 2.19. The van der Waals surface area contributed by atoms with Gasteiger partial charge in [-0.15, -0.1) is 0 Å². The Labute approximate surface area is 166 Å². The molecule has 1 atom stereocenters. The molecule has 0 saturated carbocycles. The lowest BCUT2D eigenvalue weighted by atomic mass is 10.1. The number of benzene rings is 2. The lowest BCUT2D eigenvalue weighted by Gasteiger charge is -2.17. The van der Waals surface area contributed by atoms with Crippen molar-refractivity contribution in [2.45, 2.75) is 18.9 Å². The van der Waals surface area contributed by atoms with Crippen molar-refractivity contribution < 1.29 is 4.79 Å². The highest BCUT2D eigenvalue weighted by molar-refractivity contribution is 7.98. The molecular weight excluding hydrogens is 389 g/mol. The van der Waals surface area contributed by atoms with Crippen molar-refractivity contribution >= 4 is 51.9 Å². The van der Waals surface area contributed by atoms with Crippen LogP contribution in [0, 0.1) is 0 Å². The monoisotopic (exact) mass is 407 g/mol. The number of imidazole rings is 1. The van der Waals surface area contributed by atoms with E-state index in [2.05, 4.69) is 15.3 Å². The van der Waals surface area contributed by atoms with Crippen molar-refractivity contribution in [3.8, 4) is 0 Å². The van der Waals surface area contributed by atoms with Gasteiger partial charge in [-0.3, -0.25) is 4.79 Å². The molecule has 136 valence electrons. The van der Waals surface area contributed by atoms with Crippen LogP contribution in [0.4, 0.5) is 0 Å². The van der Waals surface area contributed by atoms with Gasteiger partial charge in [-0.25, -0.2) is 4.98 Å². The molecule has 1 heterocycles. The summed E-state index contributed by atoms with van der Waals surface area (Å²) < 4.78 is 0. The van der Waals surface area contributed by atoms with Crippen molar-refractivity contribution in [2.75, 3.05) is 12.0 Å². The van der Waals surface area contributed by atoms with Crippen LogP contribution in [0.15, 0.2) is 42.5 Å². The average molecular weight is 408 g/mol. The first-order valence-corrected chi connectivity index (χ1v) is 10.4. The number of carbonyl (C=O) groups excluding carboxylic acids is 1. The van der Waals surface area contributed by atoms with E-state index in [9.17, 15) is 4.79 Å². The van der Waals surface area contributed by atoms with Crippen LogP contribution in [0.25, 0.3) is 11.0 Å². The first-order valence-electron chi connectivity index (χ1n) is 8.24. The number of nitrogens with one attached hydrogen (secondary N) is 2. The zero-order valence-electron chi connectivity index (χ0n) is 14.3. The highest BCUT2D eigenvalue weighted by atomic mass is 35.5. The van der Waals surface area contributed by atoms with Crippen molar-refractivity contribution in [1.29, 1.82) is 0 Å². The standard InChI is InChI=1S/C19H19Cl2N3OS/c1-26-10-9-17(19-23-15-7-2-3-8-16(15)24-19)22-18(25)11-12-13(20)5-4-6-14(12)21/h2-8,17H,9-11H2,1H3,(H,22,25)(H,23,24)/t17-/m1/s1. The van der Waals surface area contributed by atoms with E-state index in [1.807, 2.05) is 30.5 Å². The van der Waals surface area contributed by atoms with E-state index >= 15 is 0 Å². The molecule has 0 unspecified atom stereocenters. The van der Waals surface area contributed by atoms with Crippen LogP contribution in [0.2, 0.25) is 10.0 Å². The summed E-state index contributed by atoms with van der Waals surface area (Å²) in [5.74, 6) is 1.54. The molecule has 0 aliphatic heterocycles. The number of hydrogen-bond donors (Lipinski definition) is 2. The molecule has 3 aromatic rings. The Bertz CT molecular complexity index is 859. The summed E-state index contributed by atoms with van der Waals surface area (Å²) in [4.78, 5) is 20.5. The zero-order chi connectivity index (χ0) is 18.5. The number of H-pyrrole nitrogens is 1. The maximum absolute atomic E-state index is 12.6. The van der Waals surface area contributed by atoms with Gasteiger partial charge in [-0.05, 0) is 48.3 Å². The quantitative estimate of drug-likeness (QED) is 0.577. The number of halogens is 2. The minimum atomic E-state index is -0.191. The van der Waals surface area contributed by atoms with Crippen LogP contribution in [0.3, 0.4) is 0 Å². The highest BCUT2D eigenvalue weighted by Crippen LogP contribution is 2.25. The van der Waals surface area contributed by atoms with Gasteiger partial charge in [-0.2, -0.15) is 11.8 Å². The maximum atomic E-state index is 12.6. The molecule has 0 saturated heterocycles. The topological polar surface area (TPSA) is 57.8 Å². The second-order valence-electron chi connectivity index (χ2n) is 5.92. The van der Waals surface area contributed by atoms with Crippen molar-refractivity contribution in [3.05, 3.63) is 63.9 Å². The third-order valence-corrected chi connectivity index (χ3v) is 5.43. The Balaban J connectivity index is 1.78. The second-order valence-corrected chi connectivity index (χ2v) is 7.72. The van der Waals surface area contributed by atoms with Gasteiger partial charge in [0.25, 0.3) is 0 Å². The van der Waals surface area contributed by atoms with Crippen LogP contribution < -0.4 is 5.32 Å². The molecule has 0 spiro atoms. The molecule has 7 heteroatoms. The number of carbonyl (C=O) groups is 1. The number of amides is 1. The van der Waals surface area contributed by atoms with Crippen LogP contribution in [-0.2, 0) is 11.2 Å². The second kappa shape index (κ2) is 8.80.